The van der Waals surface area contributed by atoms with E-state index in [1.807, 2.05) is 19.1 Å². The lowest BCUT2D eigenvalue weighted by atomic mass is 10.1. The second kappa shape index (κ2) is 6.39. The van der Waals surface area contributed by atoms with Gasteiger partial charge in [0.05, 0.1) is 20.0 Å². The number of carbonyl (C=O) groups is 1. The number of methoxy groups -OCH3 is 2. The summed E-state index contributed by atoms with van der Waals surface area (Å²) in [6.07, 6.45) is 0. The van der Waals surface area contributed by atoms with Crippen molar-refractivity contribution in [2.75, 3.05) is 20.0 Å². The maximum Gasteiger partial charge on any atom is 0.313 e. The molecule has 0 aliphatic heterocycles. The van der Waals surface area contributed by atoms with Crippen molar-refractivity contribution in [2.45, 2.75) is 12.7 Å². The first kappa shape index (κ1) is 13.7. The maximum atomic E-state index is 10.4. The summed E-state index contributed by atoms with van der Waals surface area (Å²) in [7, 11) is 3.18. The fourth-order valence-corrected chi connectivity index (χ4v) is 2.23. The molecule has 94 valence electrons. The van der Waals surface area contributed by atoms with Crippen molar-refractivity contribution >= 4 is 17.7 Å². The van der Waals surface area contributed by atoms with E-state index in [0.29, 0.717) is 17.3 Å². The lowest BCUT2D eigenvalue weighted by molar-refractivity contribution is -0.133. The first-order valence-corrected chi connectivity index (χ1v) is 6.25. The zero-order chi connectivity index (χ0) is 12.8. The number of rotatable bonds is 6. The molecular weight excluding hydrogens is 240 g/mol. The zero-order valence-corrected chi connectivity index (χ0v) is 11.0. The van der Waals surface area contributed by atoms with E-state index in [2.05, 4.69) is 0 Å². The number of carboxylic acids is 1. The molecule has 17 heavy (non-hydrogen) atoms. The van der Waals surface area contributed by atoms with Crippen molar-refractivity contribution in [1.82, 2.24) is 0 Å². The molecule has 0 fully saturated rings. The Morgan fingerprint density at radius 3 is 2.41 bits per heavy atom. The summed E-state index contributed by atoms with van der Waals surface area (Å²) in [5, 5.41) is 8.58. The topological polar surface area (TPSA) is 55.8 Å². The third-order valence-electron chi connectivity index (χ3n) is 2.33. The number of benzene rings is 1. The highest BCUT2D eigenvalue weighted by molar-refractivity contribution is 7.99. The molecule has 1 rings (SSSR count). The third kappa shape index (κ3) is 3.85. The molecule has 1 N–H and O–H groups in total. The Labute approximate surface area is 105 Å². The Morgan fingerprint density at radius 1 is 1.29 bits per heavy atom. The monoisotopic (exact) mass is 256 g/mol. The first-order valence-electron chi connectivity index (χ1n) is 5.09. The first-order chi connectivity index (χ1) is 8.08. The van der Waals surface area contributed by atoms with Gasteiger partial charge in [0.2, 0.25) is 0 Å². The van der Waals surface area contributed by atoms with Crippen molar-refractivity contribution < 1.29 is 19.4 Å². The highest BCUT2D eigenvalue weighted by atomic mass is 32.2. The van der Waals surface area contributed by atoms with Gasteiger partial charge in [0.15, 0.2) is 11.5 Å². The molecule has 1 aromatic rings. The molecule has 0 aromatic heterocycles. The third-order valence-corrected chi connectivity index (χ3v) is 3.29. The van der Waals surface area contributed by atoms with Gasteiger partial charge < -0.3 is 14.6 Å². The molecule has 0 bridgehead atoms. The molecule has 5 heteroatoms. The average molecular weight is 256 g/mol. The van der Waals surface area contributed by atoms with Gasteiger partial charge >= 0.3 is 5.97 Å². The van der Waals surface area contributed by atoms with Crippen molar-refractivity contribution in [2.24, 2.45) is 0 Å². The minimum absolute atomic E-state index is 0.105. The van der Waals surface area contributed by atoms with Crippen LogP contribution in [0, 0.1) is 6.92 Å². The Hall–Kier alpha value is -1.36. The summed E-state index contributed by atoms with van der Waals surface area (Å²) < 4.78 is 10.4. The number of ether oxygens (including phenoxy) is 2. The largest absolute Gasteiger partial charge is 0.493 e. The van der Waals surface area contributed by atoms with Gasteiger partial charge in [-0.05, 0) is 30.2 Å². The summed E-state index contributed by atoms with van der Waals surface area (Å²) in [4.78, 5) is 10.4. The van der Waals surface area contributed by atoms with Gasteiger partial charge in [0.25, 0.3) is 0 Å². The minimum atomic E-state index is -0.798. The van der Waals surface area contributed by atoms with Crippen LogP contribution in [0.2, 0.25) is 0 Å². The molecule has 0 amide bonds. The van der Waals surface area contributed by atoms with Crippen LogP contribution in [-0.4, -0.2) is 31.0 Å². The van der Waals surface area contributed by atoms with Crippen LogP contribution < -0.4 is 9.47 Å². The lowest BCUT2D eigenvalue weighted by Gasteiger charge is -2.12. The predicted octanol–water partition coefficient (Wildman–Crippen LogP) is 2.33. The van der Waals surface area contributed by atoms with Gasteiger partial charge in [-0.25, -0.2) is 0 Å². The normalized spacial score (nSPS) is 10.1. The molecule has 0 unspecified atom stereocenters. The van der Waals surface area contributed by atoms with Crippen LogP contribution in [-0.2, 0) is 10.5 Å². The van der Waals surface area contributed by atoms with Crippen LogP contribution in [0.25, 0.3) is 0 Å². The van der Waals surface area contributed by atoms with Crippen molar-refractivity contribution in [3.05, 3.63) is 23.3 Å². The summed E-state index contributed by atoms with van der Waals surface area (Å²) >= 11 is 1.37. The molecule has 0 saturated heterocycles. The number of aryl methyl sites for hydroxylation is 1. The molecule has 0 radical (unpaired) electrons. The molecular formula is C12H16O4S. The van der Waals surface area contributed by atoms with Crippen LogP contribution >= 0.6 is 11.8 Å². The fourth-order valence-electron chi connectivity index (χ4n) is 1.43. The van der Waals surface area contributed by atoms with Crippen molar-refractivity contribution in [3.63, 3.8) is 0 Å². The quantitative estimate of drug-likeness (QED) is 0.846. The van der Waals surface area contributed by atoms with Crippen molar-refractivity contribution in [3.8, 4) is 11.5 Å². The van der Waals surface area contributed by atoms with Gasteiger partial charge in [-0.15, -0.1) is 11.8 Å². The van der Waals surface area contributed by atoms with Gasteiger partial charge in [0.1, 0.15) is 0 Å². The number of hydrogen-bond acceptors (Lipinski definition) is 4. The standard InChI is InChI=1S/C12H16O4S/c1-8-4-10(15-2)11(16-3)5-9(8)6-17-7-12(13)14/h4-5H,6-7H2,1-3H3,(H,13,14). The van der Waals surface area contributed by atoms with Crippen LogP contribution in [0.3, 0.4) is 0 Å². The summed E-state index contributed by atoms with van der Waals surface area (Å²) in [6.45, 7) is 1.97. The molecule has 0 saturated carbocycles. The summed E-state index contributed by atoms with van der Waals surface area (Å²) in [6, 6.07) is 3.79. The smallest absolute Gasteiger partial charge is 0.313 e. The van der Waals surface area contributed by atoms with E-state index in [9.17, 15) is 4.79 Å². The summed E-state index contributed by atoms with van der Waals surface area (Å²) in [5.41, 5.74) is 2.13. The molecule has 0 aliphatic carbocycles. The molecule has 0 aliphatic rings. The van der Waals surface area contributed by atoms with Crippen LogP contribution in [0.1, 0.15) is 11.1 Å². The lowest BCUT2D eigenvalue weighted by Crippen LogP contribution is -1.99. The molecule has 0 heterocycles. The average Bonchev–Trinajstić information content (AvgIpc) is 2.30. The number of hydrogen-bond donors (Lipinski definition) is 1. The maximum absolute atomic E-state index is 10.4. The van der Waals surface area contributed by atoms with Crippen LogP contribution in [0.4, 0.5) is 0 Å². The van der Waals surface area contributed by atoms with E-state index in [0.717, 1.165) is 11.1 Å². The molecule has 0 atom stereocenters. The zero-order valence-electron chi connectivity index (χ0n) is 10.1. The van der Waals surface area contributed by atoms with Gasteiger partial charge in [-0.1, -0.05) is 0 Å². The second-order valence-corrected chi connectivity index (χ2v) is 4.51. The van der Waals surface area contributed by atoms with E-state index < -0.39 is 5.97 Å². The SMILES string of the molecule is COc1cc(C)c(CSCC(=O)O)cc1OC. The molecule has 0 spiro atoms. The Balaban J connectivity index is 2.81. The van der Waals surface area contributed by atoms with E-state index in [-0.39, 0.29) is 5.75 Å². The Bertz CT molecular complexity index is 404. The van der Waals surface area contributed by atoms with Gasteiger partial charge in [0, 0.05) is 5.75 Å². The highest BCUT2D eigenvalue weighted by Crippen LogP contribution is 2.31. The predicted molar refractivity (Wildman–Crippen MR) is 68.1 cm³/mol. The Kier molecular flexibility index (Phi) is 5.15. The van der Waals surface area contributed by atoms with Crippen LogP contribution in [0.15, 0.2) is 12.1 Å². The fraction of sp³-hybridized carbons (Fsp3) is 0.417. The minimum Gasteiger partial charge on any atom is -0.493 e. The van der Waals surface area contributed by atoms with E-state index in [4.69, 9.17) is 14.6 Å². The van der Waals surface area contributed by atoms with E-state index in [1.54, 1.807) is 14.2 Å². The number of thioether (sulfide) groups is 1. The Morgan fingerprint density at radius 2 is 1.88 bits per heavy atom. The number of aliphatic carboxylic acids is 1. The molecule has 1 aromatic carbocycles. The summed E-state index contributed by atoms with van der Waals surface area (Å²) in [5.74, 6) is 1.32. The molecule has 4 nitrogen and oxygen atoms in total. The van der Waals surface area contributed by atoms with Crippen molar-refractivity contribution in [1.29, 1.82) is 0 Å². The second-order valence-electron chi connectivity index (χ2n) is 3.52. The van der Waals surface area contributed by atoms with Gasteiger partial charge in [-0.2, -0.15) is 0 Å². The van der Waals surface area contributed by atoms with E-state index in [1.165, 1.54) is 11.8 Å². The highest BCUT2D eigenvalue weighted by Gasteiger charge is 2.09. The van der Waals surface area contributed by atoms with Crippen LogP contribution in [0.5, 0.6) is 11.5 Å². The van der Waals surface area contributed by atoms with Gasteiger partial charge in [-0.3, -0.25) is 4.79 Å². The van der Waals surface area contributed by atoms with E-state index >= 15 is 0 Å². The number of carboxylic acid groups (broad SMARTS) is 1.